The molecule has 0 atom stereocenters. The van der Waals surface area contributed by atoms with E-state index in [-0.39, 0.29) is 29.5 Å². The molecular weight excluding hydrogens is 888 g/mol. The van der Waals surface area contributed by atoms with Gasteiger partial charge in [-0.15, -0.1) is 5.10 Å². The largest absolute Gasteiger partial charge is 0.679 e. The van der Waals surface area contributed by atoms with Crippen LogP contribution in [0.3, 0.4) is 0 Å². The summed E-state index contributed by atoms with van der Waals surface area (Å²) in [6.07, 6.45) is 9.62. The Balaban J connectivity index is 1.03. The summed E-state index contributed by atoms with van der Waals surface area (Å²) in [4.78, 5) is 38.3. The number of likely N-dealkylation sites (tertiary alicyclic amines) is 1. The molecule has 0 unspecified atom stereocenters. The van der Waals surface area contributed by atoms with Gasteiger partial charge in [-0.1, -0.05) is 41.6 Å². The fraction of sp³-hybridized carbons (Fsp3) is 0.320. The number of carbonyl (C=O) groups excluding carboxylic acids is 2. The van der Waals surface area contributed by atoms with Crippen LogP contribution in [0.2, 0.25) is 0 Å². The highest BCUT2D eigenvalue weighted by atomic mass is 19.2. The summed E-state index contributed by atoms with van der Waals surface area (Å²) in [7, 11) is -2.89. The van der Waals surface area contributed by atoms with Crippen molar-refractivity contribution >= 4 is 55.3 Å². The molecule has 2 saturated heterocycles. The number of hydrogen-bond donors (Lipinski definition) is 0. The third-order valence-electron chi connectivity index (χ3n) is 13.5. The number of halogens is 4. The van der Waals surface area contributed by atoms with Crippen molar-refractivity contribution in [2.45, 2.75) is 53.4 Å². The molecule has 354 valence electrons. The molecule has 0 radical (unpaired) electrons. The van der Waals surface area contributed by atoms with Crippen molar-refractivity contribution in [3.05, 3.63) is 142 Å². The monoisotopic (exact) mass is 939 g/mol. The zero-order valence-electron chi connectivity index (χ0n) is 39.3. The molecule has 4 aliphatic rings. The van der Waals surface area contributed by atoms with Crippen molar-refractivity contribution in [3.63, 3.8) is 0 Å². The summed E-state index contributed by atoms with van der Waals surface area (Å²) in [5.74, 6) is 0.0201. The molecule has 4 aliphatic heterocycles. The summed E-state index contributed by atoms with van der Waals surface area (Å²) < 4.78 is 73.6. The number of amidine groups is 1. The lowest BCUT2D eigenvalue weighted by atomic mass is 9.94. The second-order valence-corrected chi connectivity index (χ2v) is 17.8. The number of piperidine rings is 2. The van der Waals surface area contributed by atoms with Crippen LogP contribution in [-0.2, 0) is 19.1 Å². The normalized spacial score (nSPS) is 18.0. The SMILES string of the molecule is COC(=O)C1CCN(C2=N/C(=C(/c3ccc(-c4cn(-c5ccc(/C(=C6/N=C(C)C=C6C)c6c(C)cc(C)n6B(F)F)cc5)nn4)cc3)c3ccc(N4CCC(C(=O)OC)CC4)n3B(F)F)C=C2)CC1. The van der Waals surface area contributed by atoms with Gasteiger partial charge in [-0.2, -0.15) is 0 Å². The second-order valence-electron chi connectivity index (χ2n) is 17.8. The summed E-state index contributed by atoms with van der Waals surface area (Å²) in [5.41, 5.74) is 9.13. The summed E-state index contributed by atoms with van der Waals surface area (Å²) >= 11 is 0. The summed E-state index contributed by atoms with van der Waals surface area (Å²) in [6.45, 7) is 9.31. The smallest absolute Gasteiger partial charge is 0.469 e. The van der Waals surface area contributed by atoms with Crippen molar-refractivity contribution in [1.29, 1.82) is 0 Å². The Kier molecular flexibility index (Phi) is 13.2. The van der Waals surface area contributed by atoms with Gasteiger partial charge in [0.15, 0.2) is 0 Å². The van der Waals surface area contributed by atoms with Gasteiger partial charge in [0.05, 0.1) is 49.3 Å². The fourth-order valence-electron chi connectivity index (χ4n) is 10.0. The molecule has 69 heavy (non-hydrogen) atoms. The van der Waals surface area contributed by atoms with E-state index in [2.05, 4.69) is 15.2 Å². The van der Waals surface area contributed by atoms with Gasteiger partial charge in [-0.25, -0.2) is 9.67 Å². The third-order valence-corrected chi connectivity index (χ3v) is 13.5. The Morgan fingerprint density at radius 3 is 1.87 bits per heavy atom. The Morgan fingerprint density at radius 1 is 0.696 bits per heavy atom. The predicted octanol–water partition coefficient (Wildman–Crippen LogP) is 8.88. The first kappa shape index (κ1) is 46.9. The number of esters is 2. The van der Waals surface area contributed by atoms with Gasteiger partial charge in [0.2, 0.25) is 0 Å². The van der Waals surface area contributed by atoms with Gasteiger partial charge in [0.25, 0.3) is 0 Å². The van der Waals surface area contributed by atoms with Gasteiger partial charge < -0.3 is 28.2 Å². The average molecular weight is 940 g/mol. The maximum Gasteiger partial charge on any atom is 0.679 e. The van der Waals surface area contributed by atoms with Gasteiger partial charge in [-0.3, -0.25) is 31.8 Å². The number of hydrogen-bond acceptors (Lipinski definition) is 10. The molecule has 0 saturated carbocycles. The first-order chi connectivity index (χ1) is 33.2. The van der Waals surface area contributed by atoms with E-state index in [0.717, 1.165) is 31.4 Å². The van der Waals surface area contributed by atoms with Crippen LogP contribution in [0.25, 0.3) is 28.1 Å². The Labute approximate surface area is 398 Å². The number of aliphatic imine (C=N–C) groups is 2. The zero-order valence-corrected chi connectivity index (χ0v) is 39.3. The molecule has 2 aromatic carbocycles. The molecule has 9 rings (SSSR count). The van der Waals surface area contributed by atoms with Crippen molar-refractivity contribution in [2.24, 2.45) is 21.8 Å². The average Bonchev–Trinajstić information content (AvgIpc) is 4.22. The molecule has 0 N–H and O–H groups in total. The van der Waals surface area contributed by atoms with E-state index >= 15 is 8.63 Å². The van der Waals surface area contributed by atoms with Crippen LogP contribution >= 0.6 is 0 Å². The molecule has 0 spiro atoms. The Morgan fingerprint density at radius 2 is 1.29 bits per heavy atom. The van der Waals surface area contributed by atoms with Crippen molar-refractivity contribution in [2.75, 3.05) is 45.3 Å². The number of methoxy groups -OCH3 is 2. The lowest BCUT2D eigenvalue weighted by Gasteiger charge is -2.33. The lowest BCUT2D eigenvalue weighted by Crippen LogP contribution is -2.39. The molecule has 19 heteroatoms. The van der Waals surface area contributed by atoms with Gasteiger partial charge >= 0.3 is 26.7 Å². The fourth-order valence-corrected chi connectivity index (χ4v) is 10.0. The minimum Gasteiger partial charge on any atom is -0.469 e. The van der Waals surface area contributed by atoms with Crippen LogP contribution in [0.4, 0.5) is 23.1 Å². The standard InChI is InChI=1S/C50H51B2F4N9O4/c1-30-27-32(3)57-47(30)46(48-31(2)28-33(4)64(48)51(53)54)36-11-13-39(14-12-36)63-29-41(59-60-63)34-7-9-35(10-8-34)45(40-15-17-43(58-40)61-23-19-37(20-24-61)49(66)68-5)42-16-18-44(65(42)52(55)56)62-25-21-38(22-26-62)50(67)69-6/h7-18,27-29,37-38H,19-26H2,1-6H3/b45-40-,47-46-. The van der Waals surface area contributed by atoms with Crippen LogP contribution in [0.1, 0.15) is 73.3 Å². The van der Waals surface area contributed by atoms with Crippen LogP contribution in [0.15, 0.2) is 118 Å². The molecule has 0 amide bonds. The third kappa shape index (κ3) is 9.13. The van der Waals surface area contributed by atoms with Gasteiger partial charge in [0.1, 0.15) is 17.3 Å². The number of carbonyl (C=O) groups is 2. The summed E-state index contributed by atoms with van der Waals surface area (Å²) in [5, 5.41) is 8.90. The predicted molar refractivity (Wildman–Crippen MR) is 261 cm³/mol. The molecule has 7 heterocycles. The molecule has 5 aromatic rings. The molecule has 2 fully saturated rings. The molecule has 0 aliphatic carbocycles. The van der Waals surface area contributed by atoms with E-state index < -0.39 is 14.8 Å². The highest BCUT2D eigenvalue weighted by molar-refractivity contribution is 6.42. The highest BCUT2D eigenvalue weighted by Crippen LogP contribution is 2.39. The van der Waals surface area contributed by atoms with E-state index in [4.69, 9.17) is 19.5 Å². The van der Waals surface area contributed by atoms with Crippen LogP contribution in [0.5, 0.6) is 0 Å². The second kappa shape index (κ2) is 19.4. The number of ether oxygens (including phenoxy) is 2. The first-order valence-electron chi connectivity index (χ1n) is 23.0. The maximum absolute atomic E-state index is 15.4. The minimum absolute atomic E-state index is 0.191. The van der Waals surface area contributed by atoms with Gasteiger partial charge in [-0.05, 0) is 124 Å². The van der Waals surface area contributed by atoms with E-state index in [9.17, 15) is 18.2 Å². The number of aryl methyl sites for hydroxylation is 2. The number of anilines is 1. The van der Waals surface area contributed by atoms with Crippen LogP contribution in [0, 0.1) is 25.7 Å². The minimum atomic E-state index is -2.89. The lowest BCUT2D eigenvalue weighted by molar-refractivity contribution is -0.147. The molecule has 3 aromatic heterocycles. The number of benzene rings is 2. The molecular formula is C50H51B2F4N9O4. The zero-order chi connectivity index (χ0) is 48.7. The summed E-state index contributed by atoms with van der Waals surface area (Å²) in [6, 6.07) is 20.1. The number of nitrogens with zero attached hydrogens (tertiary/aromatic N) is 9. The van der Waals surface area contributed by atoms with E-state index in [1.165, 1.54) is 14.2 Å². The van der Waals surface area contributed by atoms with Crippen molar-refractivity contribution < 1.29 is 36.3 Å². The van der Waals surface area contributed by atoms with Gasteiger partial charge in [0, 0.05) is 65.7 Å². The van der Waals surface area contributed by atoms with E-state index in [1.807, 2.05) is 92.4 Å². The Bertz CT molecular complexity index is 2990. The van der Waals surface area contributed by atoms with E-state index in [1.54, 1.807) is 36.0 Å². The topological polar surface area (TPSA) is 124 Å². The highest BCUT2D eigenvalue weighted by Gasteiger charge is 2.34. The van der Waals surface area contributed by atoms with Crippen LogP contribution < -0.4 is 4.90 Å². The molecule has 13 nitrogen and oxygen atoms in total. The van der Waals surface area contributed by atoms with Crippen molar-refractivity contribution in [3.8, 4) is 16.9 Å². The molecule has 0 bridgehead atoms. The number of allylic oxidation sites excluding steroid dienone is 3. The number of aromatic nitrogens is 5. The maximum atomic E-state index is 15.4. The van der Waals surface area contributed by atoms with Crippen LogP contribution in [-0.4, -0.2) is 108 Å². The quantitative estimate of drug-likeness (QED) is 0.0732. The van der Waals surface area contributed by atoms with E-state index in [0.29, 0.717) is 120 Å². The first-order valence-corrected chi connectivity index (χ1v) is 23.0. The van der Waals surface area contributed by atoms with Crippen molar-refractivity contribution in [1.82, 2.24) is 28.9 Å². The Hall–Kier alpha value is -7.17. The number of rotatable bonds is 11.